The minimum Gasteiger partial charge on any atom is -0.493 e. The molecule has 1 rings (SSSR count). The van der Waals surface area contributed by atoms with Gasteiger partial charge in [-0.05, 0) is 49.9 Å². The number of hydrogen-bond acceptors (Lipinski definition) is 2. The van der Waals surface area contributed by atoms with Gasteiger partial charge in [-0.2, -0.15) is 0 Å². The summed E-state index contributed by atoms with van der Waals surface area (Å²) in [5, 5.41) is 0. The lowest BCUT2D eigenvalue weighted by Gasteiger charge is -2.14. The highest BCUT2D eigenvalue weighted by molar-refractivity contribution is 5.94. The topological polar surface area (TPSA) is 26.3 Å². The summed E-state index contributed by atoms with van der Waals surface area (Å²) in [4.78, 5) is 11.2. The third kappa shape index (κ3) is 4.22. The van der Waals surface area contributed by atoms with Crippen LogP contribution in [0.1, 0.15) is 49.5 Å². The number of Topliss-reactive ketones (excluding diaryl/α,β-unsaturated/α-hetero) is 1. The van der Waals surface area contributed by atoms with E-state index in [0.29, 0.717) is 5.92 Å². The number of rotatable bonds is 6. The molecule has 0 saturated heterocycles. The van der Waals surface area contributed by atoms with Crippen molar-refractivity contribution in [3.05, 3.63) is 29.3 Å². The highest BCUT2D eigenvalue weighted by Gasteiger charge is 2.06. The first-order chi connectivity index (χ1) is 8.04. The van der Waals surface area contributed by atoms with Gasteiger partial charge in [0.25, 0.3) is 0 Å². The third-order valence-electron chi connectivity index (χ3n) is 2.89. The van der Waals surface area contributed by atoms with E-state index in [2.05, 4.69) is 13.8 Å². The predicted molar refractivity (Wildman–Crippen MR) is 70.8 cm³/mol. The number of hydrogen-bond donors (Lipinski definition) is 0. The van der Waals surface area contributed by atoms with E-state index >= 15 is 0 Å². The molecule has 1 atom stereocenters. The number of benzene rings is 1. The molecular formula is C15H22O2. The summed E-state index contributed by atoms with van der Waals surface area (Å²) in [6, 6.07) is 5.61. The molecule has 0 fully saturated rings. The monoisotopic (exact) mass is 234 g/mol. The third-order valence-corrected chi connectivity index (χ3v) is 2.89. The summed E-state index contributed by atoms with van der Waals surface area (Å²) in [5.74, 6) is 1.56. The van der Waals surface area contributed by atoms with Gasteiger partial charge in [0.1, 0.15) is 5.75 Å². The van der Waals surface area contributed by atoms with Crippen LogP contribution in [-0.2, 0) is 0 Å². The van der Waals surface area contributed by atoms with Crippen LogP contribution < -0.4 is 4.74 Å². The molecule has 0 aliphatic carbocycles. The molecule has 1 unspecified atom stereocenters. The average Bonchev–Trinajstić information content (AvgIpc) is 2.27. The van der Waals surface area contributed by atoms with Crippen LogP contribution in [0, 0.1) is 12.8 Å². The second kappa shape index (κ2) is 6.43. The van der Waals surface area contributed by atoms with Crippen molar-refractivity contribution in [3.8, 4) is 5.75 Å². The van der Waals surface area contributed by atoms with Crippen molar-refractivity contribution in [1.29, 1.82) is 0 Å². The normalized spacial score (nSPS) is 12.2. The number of aryl methyl sites for hydroxylation is 1. The van der Waals surface area contributed by atoms with Crippen LogP contribution in [0.25, 0.3) is 0 Å². The van der Waals surface area contributed by atoms with Crippen molar-refractivity contribution in [3.63, 3.8) is 0 Å². The van der Waals surface area contributed by atoms with E-state index in [-0.39, 0.29) is 5.78 Å². The van der Waals surface area contributed by atoms with E-state index in [1.807, 2.05) is 25.1 Å². The lowest BCUT2D eigenvalue weighted by atomic mass is 10.1. The fourth-order valence-corrected chi connectivity index (χ4v) is 1.84. The van der Waals surface area contributed by atoms with Gasteiger partial charge in [-0.3, -0.25) is 4.79 Å². The van der Waals surface area contributed by atoms with Gasteiger partial charge in [0, 0.05) is 5.56 Å². The van der Waals surface area contributed by atoms with Gasteiger partial charge in [0.05, 0.1) is 6.61 Å². The van der Waals surface area contributed by atoms with Crippen molar-refractivity contribution in [2.24, 2.45) is 5.92 Å². The Balaban J connectivity index is 2.63. The van der Waals surface area contributed by atoms with Gasteiger partial charge in [-0.15, -0.1) is 0 Å². The second-order valence-electron chi connectivity index (χ2n) is 4.74. The van der Waals surface area contributed by atoms with Crippen LogP contribution in [0.4, 0.5) is 0 Å². The molecule has 0 N–H and O–H groups in total. The maximum atomic E-state index is 11.2. The molecule has 2 heteroatoms. The lowest BCUT2D eigenvalue weighted by molar-refractivity contribution is 0.101. The van der Waals surface area contributed by atoms with E-state index < -0.39 is 0 Å². The van der Waals surface area contributed by atoms with Crippen molar-refractivity contribution in [2.75, 3.05) is 6.61 Å². The summed E-state index contributed by atoms with van der Waals surface area (Å²) in [6.45, 7) is 8.69. The Labute approximate surface area is 104 Å². The zero-order chi connectivity index (χ0) is 12.8. The van der Waals surface area contributed by atoms with Crippen molar-refractivity contribution in [1.82, 2.24) is 0 Å². The van der Waals surface area contributed by atoms with Crippen LogP contribution in [0.2, 0.25) is 0 Å². The predicted octanol–water partition coefficient (Wildman–Crippen LogP) is 4.01. The van der Waals surface area contributed by atoms with Crippen LogP contribution >= 0.6 is 0 Å². The first-order valence-corrected chi connectivity index (χ1v) is 6.29. The smallest absolute Gasteiger partial charge is 0.159 e. The molecule has 0 aliphatic rings. The quantitative estimate of drug-likeness (QED) is 0.695. The van der Waals surface area contributed by atoms with E-state index in [1.165, 1.54) is 12.8 Å². The SMILES string of the molecule is CCCC(C)COc1ccc(C(C)=O)cc1C. The number of carbonyl (C=O) groups excluding carboxylic acids is 1. The van der Waals surface area contributed by atoms with Gasteiger partial charge in [0.15, 0.2) is 5.78 Å². The first kappa shape index (κ1) is 13.8. The molecule has 0 saturated carbocycles. The Morgan fingerprint density at radius 1 is 1.41 bits per heavy atom. The van der Waals surface area contributed by atoms with Crippen molar-refractivity contribution < 1.29 is 9.53 Å². The highest BCUT2D eigenvalue weighted by atomic mass is 16.5. The molecule has 1 aromatic carbocycles. The van der Waals surface area contributed by atoms with Crippen LogP contribution in [0.3, 0.4) is 0 Å². The van der Waals surface area contributed by atoms with Crippen molar-refractivity contribution in [2.45, 2.75) is 40.5 Å². The van der Waals surface area contributed by atoms with Gasteiger partial charge in [0.2, 0.25) is 0 Å². The molecular weight excluding hydrogens is 212 g/mol. The van der Waals surface area contributed by atoms with Gasteiger partial charge >= 0.3 is 0 Å². The van der Waals surface area contributed by atoms with Crippen LogP contribution in [-0.4, -0.2) is 12.4 Å². The molecule has 0 amide bonds. The van der Waals surface area contributed by atoms with Gasteiger partial charge in [-0.1, -0.05) is 20.3 Å². The average molecular weight is 234 g/mol. The largest absolute Gasteiger partial charge is 0.493 e. The van der Waals surface area contributed by atoms with Crippen molar-refractivity contribution >= 4 is 5.78 Å². The number of ketones is 1. The van der Waals surface area contributed by atoms with E-state index in [9.17, 15) is 4.79 Å². The number of ether oxygens (including phenoxy) is 1. The fraction of sp³-hybridized carbons (Fsp3) is 0.533. The molecule has 17 heavy (non-hydrogen) atoms. The van der Waals surface area contributed by atoms with E-state index in [1.54, 1.807) is 6.92 Å². The number of carbonyl (C=O) groups is 1. The lowest BCUT2D eigenvalue weighted by Crippen LogP contribution is -2.09. The molecule has 0 bridgehead atoms. The first-order valence-electron chi connectivity index (χ1n) is 6.29. The Hall–Kier alpha value is -1.31. The summed E-state index contributed by atoms with van der Waals surface area (Å²) in [6.07, 6.45) is 2.37. The Bertz CT molecular complexity index is 383. The molecule has 2 nitrogen and oxygen atoms in total. The summed E-state index contributed by atoms with van der Waals surface area (Å²) >= 11 is 0. The van der Waals surface area contributed by atoms with E-state index in [4.69, 9.17) is 4.74 Å². The maximum absolute atomic E-state index is 11.2. The van der Waals surface area contributed by atoms with E-state index in [0.717, 1.165) is 23.5 Å². The summed E-state index contributed by atoms with van der Waals surface area (Å²) < 4.78 is 5.77. The van der Waals surface area contributed by atoms with Gasteiger partial charge in [-0.25, -0.2) is 0 Å². The molecule has 0 aromatic heterocycles. The molecule has 0 radical (unpaired) electrons. The summed E-state index contributed by atoms with van der Waals surface area (Å²) in [7, 11) is 0. The summed E-state index contributed by atoms with van der Waals surface area (Å²) in [5.41, 5.74) is 1.78. The van der Waals surface area contributed by atoms with Crippen LogP contribution in [0.5, 0.6) is 5.75 Å². The Morgan fingerprint density at radius 2 is 2.12 bits per heavy atom. The highest BCUT2D eigenvalue weighted by Crippen LogP contribution is 2.20. The zero-order valence-corrected chi connectivity index (χ0v) is 11.2. The fourth-order valence-electron chi connectivity index (χ4n) is 1.84. The Morgan fingerprint density at radius 3 is 2.65 bits per heavy atom. The maximum Gasteiger partial charge on any atom is 0.159 e. The minimum atomic E-state index is 0.0963. The molecule has 94 valence electrons. The molecule has 0 aliphatic heterocycles. The second-order valence-corrected chi connectivity index (χ2v) is 4.74. The molecule has 1 aromatic rings. The molecule has 0 heterocycles. The minimum absolute atomic E-state index is 0.0963. The molecule has 0 spiro atoms. The van der Waals surface area contributed by atoms with Crippen LogP contribution in [0.15, 0.2) is 18.2 Å². The standard InChI is InChI=1S/C15H22O2/c1-5-6-11(2)10-17-15-8-7-14(13(4)16)9-12(15)3/h7-9,11H,5-6,10H2,1-4H3. The Kier molecular flexibility index (Phi) is 5.20. The van der Waals surface area contributed by atoms with Gasteiger partial charge < -0.3 is 4.74 Å². The zero-order valence-electron chi connectivity index (χ0n) is 11.2.